The lowest BCUT2D eigenvalue weighted by atomic mass is 9.95. The van der Waals surface area contributed by atoms with Crippen LogP contribution in [0, 0.1) is 0 Å². The molecule has 4 heterocycles. The fraction of sp³-hybridized carbons (Fsp3) is 0.536. The van der Waals surface area contributed by atoms with Gasteiger partial charge in [-0.2, -0.15) is 0 Å². The molecule has 2 aliphatic heterocycles. The van der Waals surface area contributed by atoms with Crippen LogP contribution < -0.4 is 16.0 Å². The molecule has 0 aliphatic carbocycles. The third-order valence-corrected chi connectivity index (χ3v) is 8.60. The number of hydrogen-bond donors (Lipinski definition) is 2. The van der Waals surface area contributed by atoms with Crippen molar-refractivity contribution in [3.63, 3.8) is 0 Å². The molecular weight excluding hydrogens is 581 g/mol. The first kappa shape index (κ1) is 30.3. The topological polar surface area (TPSA) is 139 Å². The second-order valence-electron chi connectivity index (χ2n) is 10.6. The minimum Gasteiger partial charge on any atom is -0.468 e. The zero-order chi connectivity index (χ0) is 29.8. The van der Waals surface area contributed by atoms with Crippen LogP contribution in [0.15, 0.2) is 28.7 Å². The molecule has 226 valence electrons. The molecule has 0 spiro atoms. The standard InChI is InChI=1S/C28H37Cl2N9O3/c1-4-5-20-16-38(25-23(30)33-21(24(31)34-25)26-35-36-28(32-2)42-26)14-15-39(20)19-10-12-37(13-11-19)22(27(40)41-3)17-6-8-18(29)9-7-17/h6-9,19-20,22H,4-5,10-16H2,1-3H3,(H2,31,34)(H,32,36)/t20-,22?/m0/s1. The molecule has 2 aromatic heterocycles. The number of nitrogens with one attached hydrogen (secondary N) is 1. The zero-order valence-corrected chi connectivity index (χ0v) is 25.6. The van der Waals surface area contributed by atoms with E-state index in [-0.39, 0.29) is 34.5 Å². The smallest absolute Gasteiger partial charge is 0.327 e. The normalized spacial score (nSPS) is 19.5. The van der Waals surface area contributed by atoms with Crippen molar-refractivity contribution in [2.45, 2.75) is 50.7 Å². The van der Waals surface area contributed by atoms with Gasteiger partial charge in [-0.1, -0.05) is 53.8 Å². The molecule has 1 aromatic carbocycles. The number of rotatable bonds is 9. The van der Waals surface area contributed by atoms with Gasteiger partial charge in [0.2, 0.25) is 0 Å². The monoisotopic (exact) mass is 617 g/mol. The van der Waals surface area contributed by atoms with Gasteiger partial charge in [0.05, 0.1) is 7.11 Å². The zero-order valence-electron chi connectivity index (χ0n) is 24.1. The highest BCUT2D eigenvalue weighted by atomic mass is 35.5. The fourth-order valence-corrected chi connectivity index (χ4v) is 6.43. The number of ether oxygens (including phenoxy) is 1. The van der Waals surface area contributed by atoms with Gasteiger partial charge >= 0.3 is 12.0 Å². The highest BCUT2D eigenvalue weighted by Crippen LogP contribution is 2.34. The number of nitrogen functional groups attached to an aromatic ring is 1. The molecular formula is C28H37Cl2N9O3. The van der Waals surface area contributed by atoms with E-state index < -0.39 is 6.04 Å². The summed E-state index contributed by atoms with van der Waals surface area (Å²) in [7, 11) is 3.12. The Morgan fingerprint density at radius 3 is 2.52 bits per heavy atom. The van der Waals surface area contributed by atoms with Crippen molar-refractivity contribution < 1.29 is 13.9 Å². The number of esters is 1. The van der Waals surface area contributed by atoms with E-state index in [9.17, 15) is 4.79 Å². The number of hydrogen-bond acceptors (Lipinski definition) is 12. The van der Waals surface area contributed by atoms with E-state index in [0.29, 0.717) is 22.9 Å². The van der Waals surface area contributed by atoms with Crippen molar-refractivity contribution in [3.8, 4) is 11.6 Å². The summed E-state index contributed by atoms with van der Waals surface area (Å²) in [5, 5.41) is 11.5. The molecule has 0 amide bonds. The first-order chi connectivity index (χ1) is 20.3. The van der Waals surface area contributed by atoms with Crippen molar-refractivity contribution in [2.75, 3.05) is 62.8 Å². The number of aromatic nitrogens is 4. The molecule has 0 radical (unpaired) electrons. The molecule has 0 saturated carbocycles. The number of halogens is 2. The van der Waals surface area contributed by atoms with Gasteiger partial charge in [0.1, 0.15) is 6.04 Å². The molecule has 5 rings (SSSR count). The average Bonchev–Trinajstić information content (AvgIpc) is 3.49. The maximum absolute atomic E-state index is 12.8. The van der Waals surface area contributed by atoms with Gasteiger partial charge in [0, 0.05) is 56.9 Å². The number of nitrogens with two attached hydrogens (primary N) is 1. The predicted octanol–water partition coefficient (Wildman–Crippen LogP) is 4.13. The summed E-state index contributed by atoms with van der Waals surface area (Å²) in [4.78, 5) is 28.9. The van der Waals surface area contributed by atoms with E-state index >= 15 is 0 Å². The van der Waals surface area contributed by atoms with Crippen molar-refractivity contribution >= 4 is 46.8 Å². The van der Waals surface area contributed by atoms with Gasteiger partial charge in [-0.05, 0) is 37.0 Å². The van der Waals surface area contributed by atoms with Crippen LogP contribution in [0.5, 0.6) is 0 Å². The summed E-state index contributed by atoms with van der Waals surface area (Å²) in [6.45, 7) is 6.17. The maximum Gasteiger partial charge on any atom is 0.327 e. The Labute approximate surface area is 255 Å². The second-order valence-corrected chi connectivity index (χ2v) is 11.4. The summed E-state index contributed by atoms with van der Waals surface area (Å²) >= 11 is 12.7. The van der Waals surface area contributed by atoms with Crippen LogP contribution in [0.3, 0.4) is 0 Å². The quantitative estimate of drug-likeness (QED) is 0.334. The summed E-state index contributed by atoms with van der Waals surface area (Å²) in [6, 6.07) is 7.98. The number of carbonyl (C=O) groups excluding carboxylic acids is 1. The van der Waals surface area contributed by atoms with Crippen LogP contribution in [-0.4, -0.2) is 94.9 Å². The van der Waals surface area contributed by atoms with Crippen molar-refractivity contribution in [1.29, 1.82) is 0 Å². The Morgan fingerprint density at radius 2 is 1.88 bits per heavy atom. The van der Waals surface area contributed by atoms with Crippen LogP contribution >= 0.6 is 23.2 Å². The summed E-state index contributed by atoms with van der Waals surface area (Å²) in [5.74, 6) is 0.649. The summed E-state index contributed by atoms with van der Waals surface area (Å²) in [5.41, 5.74) is 7.43. The van der Waals surface area contributed by atoms with Crippen LogP contribution in [0.25, 0.3) is 11.6 Å². The fourth-order valence-electron chi connectivity index (χ4n) is 6.06. The van der Waals surface area contributed by atoms with Crippen LogP contribution in [0.2, 0.25) is 10.2 Å². The van der Waals surface area contributed by atoms with Crippen molar-refractivity contribution in [2.24, 2.45) is 0 Å². The number of likely N-dealkylation sites (tertiary alicyclic amines) is 1. The Hall–Kier alpha value is -3.19. The van der Waals surface area contributed by atoms with E-state index in [4.69, 9.17) is 38.1 Å². The molecule has 2 aliphatic rings. The minimum absolute atomic E-state index is 0.156. The van der Waals surface area contributed by atoms with Gasteiger partial charge in [0.15, 0.2) is 22.5 Å². The van der Waals surface area contributed by atoms with Gasteiger partial charge in [-0.3, -0.25) is 9.80 Å². The SMILES string of the molecule is CCC[C@H]1CN(c2nc(N)c(-c3nnc(NC)o3)nc2Cl)CCN1C1CCN(C(C(=O)OC)c2ccc(Cl)cc2)CC1. The number of benzene rings is 1. The molecule has 0 bridgehead atoms. The molecule has 3 N–H and O–H groups in total. The van der Waals surface area contributed by atoms with Crippen LogP contribution in [-0.2, 0) is 9.53 Å². The largest absolute Gasteiger partial charge is 0.468 e. The van der Waals surface area contributed by atoms with Crippen molar-refractivity contribution in [1.82, 2.24) is 30.0 Å². The Balaban J connectivity index is 1.27. The molecule has 2 saturated heterocycles. The molecule has 1 unspecified atom stereocenters. The summed E-state index contributed by atoms with van der Waals surface area (Å²) < 4.78 is 10.7. The van der Waals surface area contributed by atoms with Gasteiger partial charge < -0.3 is 25.1 Å². The molecule has 2 atom stereocenters. The third kappa shape index (κ3) is 6.41. The molecule has 2 fully saturated rings. The van der Waals surface area contributed by atoms with E-state index in [0.717, 1.165) is 64.0 Å². The number of piperazine rings is 1. The molecule has 3 aromatic rings. The van der Waals surface area contributed by atoms with Gasteiger partial charge in [0.25, 0.3) is 5.89 Å². The highest BCUT2D eigenvalue weighted by molar-refractivity contribution is 6.32. The number of carbonyl (C=O) groups is 1. The summed E-state index contributed by atoms with van der Waals surface area (Å²) in [6.07, 6.45) is 4.02. The van der Waals surface area contributed by atoms with E-state index in [1.807, 2.05) is 24.3 Å². The average molecular weight is 619 g/mol. The number of anilines is 3. The minimum atomic E-state index is -0.442. The van der Waals surface area contributed by atoms with Gasteiger partial charge in [-0.25, -0.2) is 14.8 Å². The first-order valence-electron chi connectivity index (χ1n) is 14.3. The van der Waals surface area contributed by atoms with Crippen LogP contribution in [0.4, 0.5) is 17.7 Å². The van der Waals surface area contributed by atoms with E-state index in [1.165, 1.54) is 7.11 Å². The van der Waals surface area contributed by atoms with E-state index in [1.54, 1.807) is 7.05 Å². The van der Waals surface area contributed by atoms with Crippen LogP contribution in [0.1, 0.15) is 44.2 Å². The Bertz CT molecular complexity index is 1370. The molecule has 14 heteroatoms. The molecule has 42 heavy (non-hydrogen) atoms. The van der Waals surface area contributed by atoms with E-state index in [2.05, 4.69) is 47.1 Å². The molecule has 12 nitrogen and oxygen atoms in total. The Kier molecular flexibility index (Phi) is 9.67. The predicted molar refractivity (Wildman–Crippen MR) is 163 cm³/mol. The Morgan fingerprint density at radius 1 is 1.14 bits per heavy atom. The van der Waals surface area contributed by atoms with Gasteiger partial charge in [-0.15, -0.1) is 5.10 Å². The number of piperidine rings is 1. The second kappa shape index (κ2) is 13.4. The van der Waals surface area contributed by atoms with Crippen molar-refractivity contribution in [3.05, 3.63) is 40.0 Å². The lowest BCUT2D eigenvalue weighted by Crippen LogP contribution is -2.59. The maximum atomic E-state index is 12.8. The lowest BCUT2D eigenvalue weighted by Gasteiger charge is -2.48. The third-order valence-electron chi connectivity index (χ3n) is 8.10. The first-order valence-corrected chi connectivity index (χ1v) is 15.0. The highest BCUT2D eigenvalue weighted by Gasteiger charge is 2.37. The lowest BCUT2D eigenvalue weighted by molar-refractivity contribution is -0.148. The number of nitrogens with zero attached hydrogens (tertiary/aromatic N) is 7. The number of methoxy groups -OCH3 is 1.